The van der Waals surface area contributed by atoms with Gasteiger partial charge in [-0.05, 0) is 98.1 Å². The van der Waals surface area contributed by atoms with Gasteiger partial charge in [0, 0.05) is 34.5 Å². The number of benzene rings is 6. The second-order valence-corrected chi connectivity index (χ2v) is 21.7. The number of phenolic OH excluding ortho intramolecular Hbond substituents is 1. The van der Waals surface area contributed by atoms with E-state index in [1.54, 1.807) is 25.1 Å². The van der Waals surface area contributed by atoms with E-state index in [1.807, 2.05) is 0 Å². The van der Waals surface area contributed by atoms with Crippen LogP contribution in [0.25, 0.3) is 33.2 Å². The van der Waals surface area contributed by atoms with Crippen LogP contribution in [0, 0.1) is 13.8 Å². The van der Waals surface area contributed by atoms with E-state index in [2.05, 4.69) is 50.8 Å². The maximum absolute atomic E-state index is 13.6. The Bertz CT molecular complexity index is 4080. The number of carbonyl (C=O) groups is 2. The Morgan fingerprint density at radius 3 is 2.10 bits per heavy atom. The first-order valence-electron chi connectivity index (χ1n) is 22.3. The van der Waals surface area contributed by atoms with Gasteiger partial charge in [0.2, 0.25) is 6.04 Å². The molecule has 79 heavy (non-hydrogen) atoms. The van der Waals surface area contributed by atoms with E-state index in [9.17, 15) is 58.7 Å². The number of methoxy groups -OCH3 is 2. The second kappa shape index (κ2) is 22.9. The lowest BCUT2D eigenvalue weighted by Crippen LogP contribution is -2.33. The van der Waals surface area contributed by atoms with Crippen LogP contribution in [-0.4, -0.2) is 115 Å². The predicted octanol–water partition coefficient (Wildman–Crippen LogP) is 9.07. The first-order chi connectivity index (χ1) is 37.4. The van der Waals surface area contributed by atoms with Crippen LogP contribution >= 0.6 is 12.0 Å². The first-order valence-corrected chi connectivity index (χ1v) is 27.5. The zero-order valence-corrected chi connectivity index (χ0v) is 44.2. The topological polar surface area (TPSA) is 423 Å². The van der Waals surface area contributed by atoms with E-state index in [1.165, 1.54) is 75.7 Å². The molecule has 1 atom stereocenters. The summed E-state index contributed by atoms with van der Waals surface area (Å²) in [5.74, 6) is -3.36. The van der Waals surface area contributed by atoms with Gasteiger partial charge in [0.05, 0.1) is 65.9 Å². The molecule has 2 heterocycles. The standard InChI is InChI=1S/C46H40N10O19S4/c1-22-16-33(35(73-14-5-15-77(62,63)64)20-31(22)50-49-29-12-10-26(71-3)18-38(29)79(68,69)70)52-53-40-36(76-75-74-61)19-28-27(43(40)57)11-13-30-39(28)48-44(47-30)24-6-8-25(9-7-24)56-45(58)41(42(55-56)46(59)60)54-51-32-17-23(2)37(78(65,66)67)21-34(32)72-4/h6-13,16-21,41,57,61H,5,14-15H2,1-4H3,(H,47,48)(H,59,60)(H,62,63,64)(H,65,66,67)(H,68,69,70)/b50-49+,53-52+,54-51+. The number of imidazole rings is 1. The zero-order chi connectivity index (χ0) is 57.1. The molecule has 0 radical (unpaired) electrons. The molecule has 7 N–H and O–H groups in total. The molecule has 1 unspecified atom stereocenters. The third kappa shape index (κ3) is 12.7. The molecule has 0 saturated heterocycles. The third-order valence-corrected chi connectivity index (χ3v) is 14.7. The normalized spacial score (nSPS) is 14.4. The third-order valence-electron chi connectivity index (χ3n) is 11.4. The average Bonchev–Trinajstić information content (AvgIpc) is 4.20. The number of carbonyl (C=O) groups excluding carboxylic acids is 1. The highest BCUT2D eigenvalue weighted by Crippen LogP contribution is 2.47. The fourth-order valence-corrected chi connectivity index (χ4v) is 10.0. The van der Waals surface area contributed by atoms with E-state index in [-0.39, 0.29) is 80.2 Å². The molecule has 0 bridgehead atoms. The van der Waals surface area contributed by atoms with Crippen molar-refractivity contribution in [2.24, 2.45) is 35.8 Å². The number of amides is 1. The molecule has 7 aromatic rings. The van der Waals surface area contributed by atoms with Crippen molar-refractivity contribution in [2.45, 2.75) is 41.0 Å². The second-order valence-electron chi connectivity index (χ2n) is 16.6. The maximum Gasteiger partial charge on any atom is 0.355 e. The SMILES string of the molecule is COc1ccc(/N=N/c2cc(OCCCS(=O)(=O)O)c(/N=N/c3c(SOOO)cc4c(ccc5nc(-c6ccc(N7N=C(C(=O)O)C(/N=N/c8cc(C)c(S(=O)(=O)O)cc8OC)C7=O)cc6)[nH]c54)c3O)cc2C)c(S(=O)(=O)O)c1. The van der Waals surface area contributed by atoms with Crippen molar-refractivity contribution in [3.05, 3.63) is 96.1 Å². The van der Waals surface area contributed by atoms with Crippen molar-refractivity contribution in [1.82, 2.24) is 9.97 Å². The van der Waals surface area contributed by atoms with Crippen LogP contribution < -0.4 is 19.2 Å². The Balaban J connectivity index is 1.09. The molecule has 29 nitrogen and oxygen atoms in total. The number of carboxylic acids is 1. The van der Waals surface area contributed by atoms with E-state index in [0.29, 0.717) is 45.4 Å². The highest BCUT2D eigenvalue weighted by Gasteiger charge is 2.41. The number of H-pyrrole nitrogens is 1. The molecule has 1 aliphatic heterocycles. The molecule has 1 aliphatic rings. The zero-order valence-electron chi connectivity index (χ0n) is 40.9. The van der Waals surface area contributed by atoms with Gasteiger partial charge in [0.25, 0.3) is 36.3 Å². The molecule has 0 saturated carbocycles. The summed E-state index contributed by atoms with van der Waals surface area (Å²) in [6, 6.07) is 17.6. The molecular formula is C46H40N10O19S4. The van der Waals surface area contributed by atoms with E-state index >= 15 is 0 Å². The lowest BCUT2D eigenvalue weighted by molar-refractivity contribution is -0.432. The summed E-state index contributed by atoms with van der Waals surface area (Å²) >= 11 is 0.428. The number of ether oxygens (including phenoxy) is 3. The number of azo groups is 3. The van der Waals surface area contributed by atoms with Gasteiger partial charge < -0.3 is 29.4 Å². The van der Waals surface area contributed by atoms with Crippen molar-refractivity contribution in [3.63, 3.8) is 0 Å². The Morgan fingerprint density at radius 2 is 1.44 bits per heavy atom. The molecule has 8 rings (SSSR count). The number of nitrogens with zero attached hydrogens (tertiary/aromatic N) is 9. The number of hydrazone groups is 1. The average molecular weight is 1170 g/mol. The number of nitrogens with one attached hydrogen (secondary N) is 1. The highest BCUT2D eigenvalue weighted by atomic mass is 32.2. The Labute approximate surface area is 450 Å². The number of phenols is 1. The van der Waals surface area contributed by atoms with Crippen LogP contribution in [0.1, 0.15) is 17.5 Å². The van der Waals surface area contributed by atoms with Crippen molar-refractivity contribution >= 4 is 116 Å². The molecule has 0 fully saturated rings. The number of carboxylic acid groups (broad SMARTS) is 1. The summed E-state index contributed by atoms with van der Waals surface area (Å²) in [4.78, 5) is 32.7. The van der Waals surface area contributed by atoms with Crippen molar-refractivity contribution in [2.75, 3.05) is 31.6 Å². The maximum atomic E-state index is 13.6. The van der Waals surface area contributed by atoms with Gasteiger partial charge >= 0.3 is 5.97 Å². The van der Waals surface area contributed by atoms with Gasteiger partial charge in [-0.1, -0.05) is 5.04 Å². The number of rotatable bonds is 21. The van der Waals surface area contributed by atoms with Gasteiger partial charge in [-0.15, -0.1) is 19.7 Å². The molecular weight excluding hydrogens is 1120 g/mol. The number of hydrogen-bond acceptors (Lipinski definition) is 24. The lowest BCUT2D eigenvalue weighted by Gasteiger charge is -2.13. The molecule has 412 valence electrons. The summed E-state index contributed by atoms with van der Waals surface area (Å²) in [6.45, 7) is 2.67. The van der Waals surface area contributed by atoms with E-state index < -0.39 is 75.3 Å². The van der Waals surface area contributed by atoms with Crippen molar-refractivity contribution in [3.8, 4) is 34.4 Å². The van der Waals surface area contributed by atoms with Crippen LogP contribution in [0.15, 0.2) is 135 Å². The molecule has 33 heteroatoms. The largest absolute Gasteiger partial charge is 0.505 e. The number of hydrogen-bond donors (Lipinski definition) is 7. The Morgan fingerprint density at radius 1 is 0.759 bits per heavy atom. The van der Waals surface area contributed by atoms with Crippen LogP contribution in [-0.2, 0) is 49.3 Å². The number of aliphatic carboxylic acids is 1. The van der Waals surface area contributed by atoms with Gasteiger partial charge in [-0.3, -0.25) is 18.5 Å². The van der Waals surface area contributed by atoms with Crippen LogP contribution in [0.5, 0.6) is 23.0 Å². The van der Waals surface area contributed by atoms with Gasteiger partial charge in [0.1, 0.15) is 55.6 Å². The van der Waals surface area contributed by atoms with Crippen LogP contribution in [0.4, 0.5) is 34.1 Å². The summed E-state index contributed by atoms with van der Waals surface area (Å²) in [5, 5.41) is 64.8. The number of aromatic nitrogens is 2. The Hall–Kier alpha value is -8.38. The number of aryl methyl sites for hydroxylation is 2. The first kappa shape index (κ1) is 56.8. The fourth-order valence-electron chi connectivity index (χ4n) is 7.70. The Kier molecular flexibility index (Phi) is 16.5. The lowest BCUT2D eigenvalue weighted by atomic mass is 10.1. The summed E-state index contributed by atoms with van der Waals surface area (Å²) in [5.41, 5.74) is 0.718. The number of aromatic amines is 1. The molecule has 1 aromatic heterocycles. The number of aromatic hydroxyl groups is 1. The summed E-state index contributed by atoms with van der Waals surface area (Å²) in [7, 11) is -11.3. The predicted molar refractivity (Wildman–Crippen MR) is 279 cm³/mol. The number of anilines is 1. The van der Waals surface area contributed by atoms with Crippen molar-refractivity contribution < 1.29 is 87.6 Å². The summed E-state index contributed by atoms with van der Waals surface area (Å²) in [6.07, 6.45) is -0.175. The summed E-state index contributed by atoms with van der Waals surface area (Å²) < 4.78 is 120. The smallest absolute Gasteiger partial charge is 0.355 e. The minimum Gasteiger partial charge on any atom is -0.505 e. The van der Waals surface area contributed by atoms with Gasteiger partial charge in [-0.25, -0.2) is 15.0 Å². The fraction of sp³-hybridized carbons (Fsp3) is 0.174. The van der Waals surface area contributed by atoms with E-state index in [0.717, 1.165) is 17.1 Å². The highest BCUT2D eigenvalue weighted by molar-refractivity contribution is 7.94. The minimum absolute atomic E-state index is 0.00489. The molecule has 1 amide bonds. The van der Waals surface area contributed by atoms with E-state index in [4.69, 9.17) is 23.8 Å². The van der Waals surface area contributed by atoms with Gasteiger partial charge in [-0.2, -0.15) is 50.7 Å². The van der Waals surface area contributed by atoms with Crippen molar-refractivity contribution in [1.29, 1.82) is 0 Å². The minimum atomic E-state index is -4.78. The number of fused-ring (bicyclic) bond motifs is 3. The van der Waals surface area contributed by atoms with Crippen LogP contribution in [0.2, 0.25) is 0 Å². The van der Waals surface area contributed by atoms with Crippen LogP contribution in [0.3, 0.4) is 0 Å². The van der Waals surface area contributed by atoms with Gasteiger partial charge in [0.15, 0.2) is 11.5 Å². The quantitative estimate of drug-likeness (QED) is 0.00880. The molecule has 0 aliphatic carbocycles. The molecule has 6 aromatic carbocycles. The monoisotopic (exact) mass is 1160 g/mol. The molecule has 0 spiro atoms.